The van der Waals surface area contributed by atoms with E-state index < -0.39 is 123 Å². The molecule has 58 heavy (non-hydrogen) atoms. The molecule has 4 saturated carbocycles. The lowest BCUT2D eigenvalue weighted by atomic mass is 9.33. The molecule has 1 aromatic rings. The van der Waals surface area contributed by atoms with E-state index in [4.69, 9.17) is 14.2 Å². The zero-order valence-electron chi connectivity index (χ0n) is 34.2. The summed E-state index contributed by atoms with van der Waals surface area (Å²) in [5.74, 6) is -4.67. The number of hydrogen-bond acceptors (Lipinski definition) is 15. The summed E-state index contributed by atoms with van der Waals surface area (Å²) in [6.07, 6.45) is -5.31. The highest BCUT2D eigenvalue weighted by atomic mass is 16.7. The van der Waals surface area contributed by atoms with Crippen LogP contribution in [0.2, 0.25) is 0 Å². The van der Waals surface area contributed by atoms with E-state index in [2.05, 4.69) is 26.8 Å². The maximum atomic E-state index is 14.6. The molecule has 10 N–H and O–H groups in total. The molecule has 7 rings (SSSR count). The van der Waals surface area contributed by atoms with Crippen LogP contribution in [0, 0.1) is 50.2 Å². The standard InChI is InChI=1S/C43H62O15/c1-38(2)11-13-43(37(55)58-36-32(51)31(50)30(49)25(18-44)57-36)14-12-41(5)21(28(43)34(38)53)7-8-27-39(3)17-24(47)33(52)40(4,26(39)9-10-42(27,41)6)19-56-35(54)20-15-22(45)29(48)23(46)16-20/h7,15-16,24-28,30-34,36,44-53H,8-14,17-19H2,1-6H3/t24-,25?,26?,27?,28-,30-,31+,32?,33+,34+,36+,39+,40+,41-,42-,43+/m1/s1. The zero-order valence-corrected chi connectivity index (χ0v) is 34.2. The number of aromatic hydroxyl groups is 3. The van der Waals surface area contributed by atoms with Gasteiger partial charge in [0.1, 0.15) is 24.4 Å². The molecule has 5 aliphatic carbocycles. The van der Waals surface area contributed by atoms with Crippen molar-refractivity contribution in [2.75, 3.05) is 13.2 Å². The molecule has 4 unspecified atom stereocenters. The average molecular weight is 819 g/mol. The summed E-state index contributed by atoms with van der Waals surface area (Å²) < 4.78 is 17.2. The molecule has 0 radical (unpaired) electrons. The SMILES string of the molecule is CC1(C)CC[C@]2(C(=O)O[C@@H]3OC(CO)[C@@H](O)[C@H](O)C3O)CC[C@]3(C)C(=CCC4[C@@]5(C)C[C@@H](O)[C@H](O)[C@@](C)(COC(=O)c6cc(O)c(O)c(O)c6)C5CC[C@]43C)[C@@H]2[C@@H]1O. The molecule has 1 saturated heterocycles. The highest BCUT2D eigenvalue weighted by Gasteiger charge is 2.72. The molecule has 1 aromatic carbocycles. The molecule has 0 spiro atoms. The van der Waals surface area contributed by atoms with Crippen LogP contribution in [-0.2, 0) is 19.0 Å². The number of phenolic OH excluding ortho intramolecular Hbond substituents is 3. The van der Waals surface area contributed by atoms with Gasteiger partial charge in [-0.05, 0) is 97.0 Å². The first kappa shape index (κ1) is 43.1. The second kappa shape index (κ2) is 14.3. The van der Waals surface area contributed by atoms with Gasteiger partial charge in [-0.2, -0.15) is 0 Å². The number of carbonyl (C=O) groups is 2. The molecule has 1 heterocycles. The fourth-order valence-corrected chi connectivity index (χ4v) is 13.1. The highest BCUT2D eigenvalue weighted by molar-refractivity contribution is 5.91. The Kier molecular flexibility index (Phi) is 10.6. The fourth-order valence-electron chi connectivity index (χ4n) is 13.1. The Hall–Kier alpha value is -3.02. The van der Waals surface area contributed by atoms with E-state index in [-0.39, 0.29) is 30.4 Å². The van der Waals surface area contributed by atoms with Crippen LogP contribution in [0.4, 0.5) is 0 Å². The van der Waals surface area contributed by atoms with Gasteiger partial charge in [0.15, 0.2) is 17.2 Å². The minimum Gasteiger partial charge on any atom is -0.504 e. The van der Waals surface area contributed by atoms with Gasteiger partial charge in [0.05, 0.1) is 42.5 Å². The second-order valence-electron chi connectivity index (χ2n) is 20.1. The van der Waals surface area contributed by atoms with Crippen molar-refractivity contribution in [1.29, 1.82) is 0 Å². The summed E-state index contributed by atoms with van der Waals surface area (Å²) in [6, 6.07) is 1.96. The van der Waals surface area contributed by atoms with Crippen LogP contribution < -0.4 is 0 Å². The number of benzene rings is 1. The Morgan fingerprint density at radius 2 is 1.45 bits per heavy atom. The van der Waals surface area contributed by atoms with E-state index in [0.717, 1.165) is 17.7 Å². The Labute approximate surface area is 338 Å². The minimum atomic E-state index is -1.77. The van der Waals surface area contributed by atoms with Crippen molar-refractivity contribution in [2.45, 2.75) is 142 Å². The van der Waals surface area contributed by atoms with Crippen molar-refractivity contribution >= 4 is 11.9 Å². The first-order valence-electron chi connectivity index (χ1n) is 20.6. The van der Waals surface area contributed by atoms with Gasteiger partial charge in [-0.25, -0.2) is 4.79 Å². The van der Waals surface area contributed by atoms with Crippen LogP contribution in [0.25, 0.3) is 0 Å². The smallest absolute Gasteiger partial charge is 0.338 e. The molecular formula is C43H62O15. The van der Waals surface area contributed by atoms with Gasteiger partial charge < -0.3 is 65.3 Å². The summed E-state index contributed by atoms with van der Waals surface area (Å²) in [5.41, 5.74) is -3.65. The van der Waals surface area contributed by atoms with Crippen molar-refractivity contribution in [3.63, 3.8) is 0 Å². The molecule has 0 bridgehead atoms. The number of carbonyl (C=O) groups excluding carboxylic acids is 2. The summed E-state index contributed by atoms with van der Waals surface area (Å²) in [6.45, 7) is 11.4. The van der Waals surface area contributed by atoms with Crippen LogP contribution in [0.3, 0.4) is 0 Å². The molecule has 6 aliphatic rings. The van der Waals surface area contributed by atoms with Crippen LogP contribution in [0.15, 0.2) is 23.8 Å². The van der Waals surface area contributed by atoms with Gasteiger partial charge >= 0.3 is 11.9 Å². The van der Waals surface area contributed by atoms with E-state index in [0.29, 0.717) is 44.9 Å². The first-order chi connectivity index (χ1) is 26.9. The number of hydrogen-bond donors (Lipinski definition) is 10. The molecule has 15 nitrogen and oxygen atoms in total. The third kappa shape index (κ3) is 6.04. The molecule has 16 atom stereocenters. The number of aliphatic hydroxyl groups excluding tert-OH is 7. The first-order valence-corrected chi connectivity index (χ1v) is 20.6. The molecular weight excluding hydrogens is 756 g/mol. The third-order valence-electron chi connectivity index (χ3n) is 16.9. The van der Waals surface area contributed by atoms with E-state index in [1.54, 1.807) is 0 Å². The van der Waals surface area contributed by atoms with E-state index >= 15 is 0 Å². The molecule has 15 heteroatoms. The number of fused-ring (bicyclic) bond motifs is 7. The number of ether oxygens (including phenoxy) is 3. The largest absolute Gasteiger partial charge is 0.504 e. The lowest BCUT2D eigenvalue weighted by Gasteiger charge is -2.71. The number of phenols is 3. The predicted molar refractivity (Wildman–Crippen MR) is 204 cm³/mol. The van der Waals surface area contributed by atoms with Crippen molar-refractivity contribution in [1.82, 2.24) is 0 Å². The summed E-state index contributed by atoms with van der Waals surface area (Å²) in [4.78, 5) is 27.8. The topological polar surface area (TPSA) is 264 Å². The molecule has 5 fully saturated rings. The lowest BCUT2D eigenvalue weighted by molar-refractivity contribution is -0.298. The van der Waals surface area contributed by atoms with Gasteiger partial charge in [-0.15, -0.1) is 0 Å². The zero-order chi connectivity index (χ0) is 42.7. The van der Waals surface area contributed by atoms with Gasteiger partial charge in [0.25, 0.3) is 0 Å². The van der Waals surface area contributed by atoms with E-state index in [9.17, 15) is 60.7 Å². The maximum absolute atomic E-state index is 14.6. The van der Waals surface area contributed by atoms with E-state index in [1.807, 2.05) is 20.8 Å². The summed E-state index contributed by atoms with van der Waals surface area (Å²) in [7, 11) is 0. The Morgan fingerprint density at radius 3 is 2.09 bits per heavy atom. The van der Waals surface area contributed by atoms with Crippen molar-refractivity contribution in [2.24, 2.45) is 50.2 Å². The average Bonchev–Trinajstić information content (AvgIpc) is 3.16. The van der Waals surface area contributed by atoms with Crippen molar-refractivity contribution < 1.29 is 74.9 Å². The quantitative estimate of drug-likeness (QED) is 0.112. The fraction of sp³-hybridized carbons (Fsp3) is 0.767. The van der Waals surface area contributed by atoms with E-state index in [1.165, 1.54) is 0 Å². The highest BCUT2D eigenvalue weighted by Crippen LogP contribution is 2.76. The van der Waals surface area contributed by atoms with Crippen LogP contribution in [0.1, 0.15) is 103 Å². The summed E-state index contributed by atoms with van der Waals surface area (Å²) >= 11 is 0. The van der Waals surface area contributed by atoms with Crippen LogP contribution in [-0.4, -0.2) is 125 Å². The Bertz CT molecular complexity index is 1810. The second-order valence-corrected chi connectivity index (χ2v) is 20.1. The molecule has 0 aromatic heterocycles. The number of esters is 2. The predicted octanol–water partition coefficient (Wildman–Crippen LogP) is 2.39. The molecule has 324 valence electrons. The lowest BCUT2D eigenvalue weighted by Crippen LogP contribution is -2.69. The van der Waals surface area contributed by atoms with Gasteiger partial charge in [-0.1, -0.05) is 53.2 Å². The van der Waals surface area contributed by atoms with Gasteiger partial charge in [0.2, 0.25) is 6.29 Å². The number of rotatable bonds is 6. The maximum Gasteiger partial charge on any atom is 0.338 e. The normalized spacial score (nSPS) is 47.0. The van der Waals surface area contributed by atoms with Crippen molar-refractivity contribution in [3.8, 4) is 17.2 Å². The summed E-state index contributed by atoms with van der Waals surface area (Å²) in [5, 5.41) is 107. The number of allylic oxidation sites excluding steroid dienone is 1. The third-order valence-corrected chi connectivity index (χ3v) is 16.9. The minimum absolute atomic E-state index is 0.0435. The van der Waals surface area contributed by atoms with Crippen molar-refractivity contribution in [3.05, 3.63) is 29.3 Å². The number of aliphatic hydroxyl groups is 7. The van der Waals surface area contributed by atoms with Gasteiger partial charge in [-0.3, -0.25) is 4.79 Å². The van der Waals surface area contributed by atoms with Crippen LogP contribution in [0.5, 0.6) is 17.2 Å². The Morgan fingerprint density at radius 1 is 0.810 bits per heavy atom. The van der Waals surface area contributed by atoms with Gasteiger partial charge in [0, 0.05) is 11.3 Å². The van der Waals surface area contributed by atoms with Crippen LogP contribution >= 0.6 is 0 Å². The Balaban J connectivity index is 1.21. The monoisotopic (exact) mass is 818 g/mol. The molecule has 0 amide bonds. The molecule has 1 aliphatic heterocycles.